The van der Waals surface area contributed by atoms with Crippen molar-refractivity contribution >= 4 is 17.3 Å². The van der Waals surface area contributed by atoms with E-state index in [-0.39, 0.29) is 35.9 Å². The average Bonchev–Trinajstić information content (AvgIpc) is 3.22. The monoisotopic (exact) mass is 274 g/mol. The van der Waals surface area contributed by atoms with E-state index < -0.39 is 10.8 Å². The van der Waals surface area contributed by atoms with Crippen molar-refractivity contribution < 1.29 is 9.72 Å². The molecule has 0 aliphatic heterocycles. The van der Waals surface area contributed by atoms with Gasteiger partial charge in [0.1, 0.15) is 11.3 Å². The highest BCUT2D eigenvalue weighted by Crippen LogP contribution is 2.32. The van der Waals surface area contributed by atoms with Crippen LogP contribution in [0.3, 0.4) is 0 Å². The summed E-state index contributed by atoms with van der Waals surface area (Å²) in [4.78, 5) is 24.4. The van der Waals surface area contributed by atoms with Crippen LogP contribution in [-0.4, -0.2) is 28.3 Å². The van der Waals surface area contributed by atoms with Crippen molar-refractivity contribution in [3.8, 4) is 6.07 Å². The number of hydrogen-bond acceptors (Lipinski definition) is 5. The minimum absolute atomic E-state index is 0.0140. The first-order chi connectivity index (χ1) is 9.56. The lowest BCUT2D eigenvalue weighted by Gasteiger charge is -2.21. The van der Waals surface area contributed by atoms with Crippen LogP contribution in [0.2, 0.25) is 0 Å². The van der Waals surface area contributed by atoms with E-state index >= 15 is 0 Å². The number of benzene rings is 1. The van der Waals surface area contributed by atoms with Crippen molar-refractivity contribution in [1.82, 2.24) is 4.90 Å². The van der Waals surface area contributed by atoms with Gasteiger partial charge in [-0.05, 0) is 25.0 Å². The molecule has 7 nitrogen and oxygen atoms in total. The number of nitriles is 1. The van der Waals surface area contributed by atoms with Crippen LogP contribution in [0.5, 0.6) is 0 Å². The van der Waals surface area contributed by atoms with Crippen LogP contribution < -0.4 is 5.73 Å². The molecule has 1 aliphatic rings. The number of nitrogen functional groups attached to an aromatic ring is 1. The van der Waals surface area contributed by atoms with E-state index in [9.17, 15) is 14.9 Å². The molecule has 20 heavy (non-hydrogen) atoms. The molecule has 104 valence electrons. The summed E-state index contributed by atoms with van der Waals surface area (Å²) in [6.07, 6.45) is 1.94. The third kappa shape index (κ3) is 2.69. The van der Waals surface area contributed by atoms with Gasteiger partial charge in [-0.3, -0.25) is 14.9 Å². The Morgan fingerprint density at radius 2 is 2.25 bits per heavy atom. The Morgan fingerprint density at radius 3 is 2.80 bits per heavy atom. The van der Waals surface area contributed by atoms with E-state index in [0.29, 0.717) is 0 Å². The Bertz CT molecular complexity index is 590. The zero-order valence-corrected chi connectivity index (χ0v) is 10.8. The van der Waals surface area contributed by atoms with Crippen molar-refractivity contribution in [2.45, 2.75) is 25.3 Å². The molecule has 1 amide bonds. The predicted octanol–water partition coefficient (Wildman–Crippen LogP) is 1.70. The maximum Gasteiger partial charge on any atom is 0.304 e. The molecule has 2 rings (SSSR count). The van der Waals surface area contributed by atoms with Gasteiger partial charge in [-0.2, -0.15) is 5.26 Å². The molecule has 1 aromatic rings. The van der Waals surface area contributed by atoms with Crippen LogP contribution in [0.1, 0.15) is 29.6 Å². The lowest BCUT2D eigenvalue weighted by Crippen LogP contribution is -2.34. The largest absolute Gasteiger partial charge is 0.393 e. The topological polar surface area (TPSA) is 113 Å². The Hall–Kier alpha value is -2.62. The van der Waals surface area contributed by atoms with Crippen molar-refractivity contribution in [2.24, 2.45) is 0 Å². The van der Waals surface area contributed by atoms with Gasteiger partial charge in [0.05, 0.1) is 17.4 Å². The molecule has 0 heterocycles. The molecule has 1 saturated carbocycles. The normalized spacial score (nSPS) is 13.6. The summed E-state index contributed by atoms with van der Waals surface area (Å²) in [5.41, 5.74) is 5.18. The molecule has 0 unspecified atom stereocenters. The minimum atomic E-state index is -0.641. The maximum absolute atomic E-state index is 12.5. The van der Waals surface area contributed by atoms with Gasteiger partial charge >= 0.3 is 5.69 Å². The van der Waals surface area contributed by atoms with Gasteiger partial charge in [0, 0.05) is 12.6 Å². The summed E-state index contributed by atoms with van der Waals surface area (Å²) in [5, 5.41) is 19.7. The SMILES string of the molecule is N#CCCN(C(=O)c1cccc(N)c1[N+](=O)[O-])C1CC1. The third-order valence-corrected chi connectivity index (χ3v) is 3.19. The fraction of sp³-hybridized carbons (Fsp3) is 0.385. The zero-order valence-electron chi connectivity index (χ0n) is 10.8. The number of carbonyl (C=O) groups excluding carboxylic acids is 1. The molecule has 0 radical (unpaired) electrons. The van der Waals surface area contributed by atoms with Crippen LogP contribution in [-0.2, 0) is 0 Å². The highest BCUT2D eigenvalue weighted by molar-refractivity contribution is 6.00. The summed E-state index contributed by atoms with van der Waals surface area (Å²) < 4.78 is 0. The van der Waals surface area contributed by atoms with Crippen LogP contribution in [0, 0.1) is 21.4 Å². The number of rotatable bonds is 5. The molecule has 0 atom stereocenters. The molecule has 0 saturated heterocycles. The smallest absolute Gasteiger partial charge is 0.304 e. The molecule has 0 spiro atoms. The summed E-state index contributed by atoms with van der Waals surface area (Å²) in [7, 11) is 0. The molecular formula is C13H14N4O3. The first-order valence-electron chi connectivity index (χ1n) is 6.27. The Kier molecular flexibility index (Phi) is 3.84. The Labute approximate surface area is 115 Å². The van der Waals surface area contributed by atoms with E-state index in [1.165, 1.54) is 23.1 Å². The van der Waals surface area contributed by atoms with Gasteiger partial charge in [0.2, 0.25) is 0 Å². The fourth-order valence-corrected chi connectivity index (χ4v) is 2.10. The number of nitrogens with zero attached hydrogens (tertiary/aromatic N) is 3. The molecule has 1 aromatic carbocycles. The number of nitro benzene ring substituents is 1. The Morgan fingerprint density at radius 1 is 1.55 bits per heavy atom. The van der Waals surface area contributed by atoms with Gasteiger partial charge < -0.3 is 10.6 Å². The zero-order chi connectivity index (χ0) is 14.7. The van der Waals surface area contributed by atoms with E-state index in [1.54, 1.807) is 0 Å². The third-order valence-electron chi connectivity index (χ3n) is 3.19. The number of carbonyl (C=O) groups is 1. The van der Waals surface area contributed by atoms with Crippen LogP contribution >= 0.6 is 0 Å². The fourth-order valence-electron chi connectivity index (χ4n) is 2.10. The number of nitro groups is 1. The van der Waals surface area contributed by atoms with E-state index in [2.05, 4.69) is 0 Å². The quantitative estimate of drug-likeness (QED) is 0.498. The van der Waals surface area contributed by atoms with Crippen molar-refractivity contribution in [2.75, 3.05) is 12.3 Å². The van der Waals surface area contributed by atoms with Crippen LogP contribution in [0.4, 0.5) is 11.4 Å². The van der Waals surface area contributed by atoms with Gasteiger partial charge in [0.25, 0.3) is 5.91 Å². The second-order valence-electron chi connectivity index (χ2n) is 4.64. The molecule has 1 fully saturated rings. The summed E-state index contributed by atoms with van der Waals surface area (Å²) in [6.45, 7) is 0.284. The number of amides is 1. The van der Waals surface area contributed by atoms with Gasteiger partial charge in [-0.25, -0.2) is 0 Å². The van der Waals surface area contributed by atoms with E-state index in [1.807, 2.05) is 6.07 Å². The van der Waals surface area contributed by atoms with Crippen molar-refractivity contribution in [1.29, 1.82) is 5.26 Å². The summed E-state index contributed by atoms with van der Waals surface area (Å²) in [6, 6.07) is 6.38. The first kappa shape index (κ1) is 13.8. The van der Waals surface area contributed by atoms with Gasteiger partial charge in [0.15, 0.2) is 0 Å². The lowest BCUT2D eigenvalue weighted by atomic mass is 10.1. The number of para-hydroxylation sites is 1. The average molecular weight is 274 g/mol. The number of nitrogens with two attached hydrogens (primary N) is 1. The number of hydrogen-bond donors (Lipinski definition) is 1. The van der Waals surface area contributed by atoms with Gasteiger partial charge in [-0.15, -0.1) is 0 Å². The molecular weight excluding hydrogens is 260 g/mol. The maximum atomic E-state index is 12.5. The standard InChI is InChI=1S/C13H14N4O3/c14-7-2-8-16(9-5-6-9)13(18)10-3-1-4-11(15)12(10)17(19)20/h1,3-4,9H,2,5-6,8,15H2. The highest BCUT2D eigenvalue weighted by Gasteiger charge is 2.35. The molecule has 1 aliphatic carbocycles. The second-order valence-corrected chi connectivity index (χ2v) is 4.64. The summed E-state index contributed by atoms with van der Waals surface area (Å²) >= 11 is 0. The van der Waals surface area contributed by atoms with Crippen LogP contribution in [0.25, 0.3) is 0 Å². The van der Waals surface area contributed by atoms with Crippen LogP contribution in [0.15, 0.2) is 18.2 Å². The Balaban J connectivity index is 2.34. The first-order valence-corrected chi connectivity index (χ1v) is 6.27. The van der Waals surface area contributed by atoms with Gasteiger partial charge in [-0.1, -0.05) is 6.07 Å². The molecule has 0 aromatic heterocycles. The second kappa shape index (κ2) is 5.57. The predicted molar refractivity (Wildman–Crippen MR) is 71.8 cm³/mol. The molecule has 2 N–H and O–H groups in total. The minimum Gasteiger partial charge on any atom is -0.393 e. The lowest BCUT2D eigenvalue weighted by molar-refractivity contribution is -0.384. The number of anilines is 1. The van der Waals surface area contributed by atoms with E-state index in [4.69, 9.17) is 11.0 Å². The molecule has 0 bridgehead atoms. The van der Waals surface area contributed by atoms with Crippen molar-refractivity contribution in [3.63, 3.8) is 0 Å². The highest BCUT2D eigenvalue weighted by atomic mass is 16.6. The molecule has 7 heteroatoms. The van der Waals surface area contributed by atoms with Crippen molar-refractivity contribution in [3.05, 3.63) is 33.9 Å². The summed E-state index contributed by atoms with van der Waals surface area (Å²) in [5.74, 6) is -0.429. The van der Waals surface area contributed by atoms with E-state index in [0.717, 1.165) is 12.8 Å².